The van der Waals surface area contributed by atoms with Gasteiger partial charge < -0.3 is 10.6 Å². The third kappa shape index (κ3) is 4.82. The molecule has 0 aromatic heterocycles. The zero-order chi connectivity index (χ0) is 22.8. The van der Waals surface area contributed by atoms with E-state index in [-0.39, 0.29) is 24.2 Å². The maximum atomic E-state index is 13.0. The largest absolute Gasteiger partial charge is 0.326 e. The Hall–Kier alpha value is -3.48. The Bertz CT molecular complexity index is 1010. The highest BCUT2D eigenvalue weighted by Crippen LogP contribution is 2.29. The Morgan fingerprint density at radius 3 is 2.23 bits per heavy atom. The number of amides is 4. The number of aryl methyl sites for hydroxylation is 1. The minimum absolute atomic E-state index is 0.0937. The van der Waals surface area contributed by atoms with Gasteiger partial charge in [-0.1, -0.05) is 43.7 Å². The summed E-state index contributed by atoms with van der Waals surface area (Å²) in [6.45, 7) is 7.14. The standard InChI is InChI=1S/C24H27N3O4/c1-15(2)13-21(29)25-19-11-7-17(8-12-19)20(28)14-27-22(30)24(4,26-23(27)31)18-9-5-16(3)6-10-18/h5-12,15H,13-14H2,1-4H3,(H,25,29)(H,26,31). The van der Waals surface area contributed by atoms with Gasteiger partial charge in [-0.3, -0.25) is 19.3 Å². The zero-order valence-corrected chi connectivity index (χ0v) is 18.2. The van der Waals surface area contributed by atoms with E-state index in [1.54, 1.807) is 43.3 Å². The lowest BCUT2D eigenvalue weighted by atomic mass is 9.91. The van der Waals surface area contributed by atoms with Crippen molar-refractivity contribution in [2.45, 2.75) is 39.7 Å². The molecular weight excluding hydrogens is 394 g/mol. The maximum absolute atomic E-state index is 13.0. The molecule has 1 aliphatic rings. The predicted molar refractivity (Wildman–Crippen MR) is 118 cm³/mol. The molecule has 1 heterocycles. The first kappa shape index (κ1) is 22.2. The van der Waals surface area contributed by atoms with E-state index in [0.717, 1.165) is 10.5 Å². The van der Waals surface area contributed by atoms with Crippen molar-refractivity contribution >= 4 is 29.3 Å². The first-order chi connectivity index (χ1) is 14.6. The molecule has 1 unspecified atom stereocenters. The summed E-state index contributed by atoms with van der Waals surface area (Å²) in [6, 6.07) is 13.2. The second-order valence-electron chi connectivity index (χ2n) is 8.46. The van der Waals surface area contributed by atoms with Crippen molar-refractivity contribution in [1.29, 1.82) is 0 Å². The van der Waals surface area contributed by atoms with Crippen molar-refractivity contribution in [1.82, 2.24) is 10.2 Å². The molecule has 4 amide bonds. The molecule has 0 saturated carbocycles. The van der Waals surface area contributed by atoms with E-state index in [2.05, 4.69) is 10.6 Å². The van der Waals surface area contributed by atoms with Crippen molar-refractivity contribution in [2.24, 2.45) is 5.92 Å². The summed E-state index contributed by atoms with van der Waals surface area (Å²) in [5, 5.41) is 5.49. The third-order valence-electron chi connectivity index (χ3n) is 5.29. The first-order valence-corrected chi connectivity index (χ1v) is 10.2. The lowest BCUT2D eigenvalue weighted by Crippen LogP contribution is -2.41. The molecule has 1 fully saturated rings. The number of hydrogen-bond donors (Lipinski definition) is 2. The number of imide groups is 1. The summed E-state index contributed by atoms with van der Waals surface area (Å²) in [7, 11) is 0. The highest BCUT2D eigenvalue weighted by Gasteiger charge is 2.49. The predicted octanol–water partition coefficient (Wildman–Crippen LogP) is 3.63. The minimum Gasteiger partial charge on any atom is -0.326 e. The Kier molecular flexibility index (Phi) is 6.24. The average Bonchev–Trinajstić information content (AvgIpc) is 2.92. The molecule has 1 aliphatic heterocycles. The smallest absolute Gasteiger partial charge is 0.325 e. The molecule has 162 valence electrons. The van der Waals surface area contributed by atoms with E-state index < -0.39 is 17.5 Å². The fourth-order valence-corrected chi connectivity index (χ4v) is 3.48. The molecule has 31 heavy (non-hydrogen) atoms. The van der Waals surface area contributed by atoms with Crippen LogP contribution < -0.4 is 10.6 Å². The highest BCUT2D eigenvalue weighted by atomic mass is 16.2. The second kappa shape index (κ2) is 8.71. The van der Waals surface area contributed by atoms with E-state index in [1.165, 1.54) is 0 Å². The number of rotatable bonds is 7. The Balaban J connectivity index is 1.68. The molecule has 1 saturated heterocycles. The van der Waals surface area contributed by atoms with E-state index in [1.807, 2.05) is 32.9 Å². The number of hydrogen-bond acceptors (Lipinski definition) is 4. The molecule has 0 radical (unpaired) electrons. The molecule has 3 rings (SSSR count). The number of ketones is 1. The van der Waals surface area contributed by atoms with Gasteiger partial charge in [-0.25, -0.2) is 4.79 Å². The third-order valence-corrected chi connectivity index (χ3v) is 5.29. The van der Waals surface area contributed by atoms with Gasteiger partial charge >= 0.3 is 6.03 Å². The molecule has 1 atom stereocenters. The Morgan fingerprint density at radius 2 is 1.65 bits per heavy atom. The summed E-state index contributed by atoms with van der Waals surface area (Å²) in [6.07, 6.45) is 0.409. The fourth-order valence-electron chi connectivity index (χ4n) is 3.48. The Labute approximate surface area is 181 Å². The van der Waals surface area contributed by atoms with Gasteiger partial charge in [-0.15, -0.1) is 0 Å². The number of carbonyl (C=O) groups is 4. The molecule has 7 nitrogen and oxygen atoms in total. The van der Waals surface area contributed by atoms with Crippen LogP contribution in [0.1, 0.15) is 48.7 Å². The lowest BCUT2D eigenvalue weighted by molar-refractivity contribution is -0.130. The topological polar surface area (TPSA) is 95.6 Å². The van der Waals surface area contributed by atoms with Crippen molar-refractivity contribution < 1.29 is 19.2 Å². The van der Waals surface area contributed by atoms with Crippen molar-refractivity contribution in [3.8, 4) is 0 Å². The van der Waals surface area contributed by atoms with Gasteiger partial charge in [-0.2, -0.15) is 0 Å². The van der Waals surface area contributed by atoms with Crippen LogP contribution in [-0.4, -0.2) is 35.1 Å². The number of Topliss-reactive ketones (excluding diaryl/α,β-unsaturated/α-hetero) is 1. The molecule has 7 heteroatoms. The van der Waals surface area contributed by atoms with E-state index in [0.29, 0.717) is 23.2 Å². The number of anilines is 1. The summed E-state index contributed by atoms with van der Waals surface area (Å²) in [5.41, 5.74) is 1.43. The molecule has 2 aromatic rings. The normalized spacial score (nSPS) is 18.3. The van der Waals surface area contributed by atoms with Gasteiger partial charge in [0.2, 0.25) is 5.91 Å². The molecule has 0 aliphatic carbocycles. The SMILES string of the molecule is Cc1ccc(C2(C)NC(=O)N(CC(=O)c3ccc(NC(=O)CC(C)C)cc3)C2=O)cc1. The van der Waals surface area contributed by atoms with Crippen molar-refractivity contribution in [3.63, 3.8) is 0 Å². The molecule has 0 spiro atoms. The minimum atomic E-state index is -1.21. The monoisotopic (exact) mass is 421 g/mol. The maximum Gasteiger partial charge on any atom is 0.325 e. The van der Waals surface area contributed by atoms with Crippen LogP contribution in [0.3, 0.4) is 0 Å². The Morgan fingerprint density at radius 1 is 1.03 bits per heavy atom. The van der Waals surface area contributed by atoms with E-state index in [9.17, 15) is 19.2 Å². The van der Waals surface area contributed by atoms with Crippen LogP contribution in [0.15, 0.2) is 48.5 Å². The van der Waals surface area contributed by atoms with Gasteiger partial charge in [0.1, 0.15) is 5.54 Å². The van der Waals surface area contributed by atoms with Gasteiger partial charge in [0, 0.05) is 17.7 Å². The summed E-state index contributed by atoms with van der Waals surface area (Å²) < 4.78 is 0. The van der Waals surface area contributed by atoms with Crippen LogP contribution in [0.5, 0.6) is 0 Å². The number of benzene rings is 2. The van der Waals surface area contributed by atoms with E-state index in [4.69, 9.17) is 0 Å². The van der Waals surface area contributed by atoms with Gasteiger partial charge in [0.15, 0.2) is 5.78 Å². The van der Waals surface area contributed by atoms with Crippen LogP contribution in [0.4, 0.5) is 10.5 Å². The van der Waals surface area contributed by atoms with Crippen LogP contribution in [0, 0.1) is 12.8 Å². The number of urea groups is 1. The van der Waals surface area contributed by atoms with E-state index >= 15 is 0 Å². The van der Waals surface area contributed by atoms with Gasteiger partial charge in [-0.05, 0) is 49.6 Å². The molecular formula is C24H27N3O4. The van der Waals surface area contributed by atoms with Crippen LogP contribution in [0.2, 0.25) is 0 Å². The molecule has 0 bridgehead atoms. The number of nitrogens with zero attached hydrogens (tertiary/aromatic N) is 1. The number of carbonyl (C=O) groups excluding carboxylic acids is 4. The summed E-state index contributed by atoms with van der Waals surface area (Å²) >= 11 is 0. The molecule has 2 aromatic carbocycles. The molecule has 2 N–H and O–H groups in total. The first-order valence-electron chi connectivity index (χ1n) is 10.2. The lowest BCUT2D eigenvalue weighted by Gasteiger charge is -2.22. The average molecular weight is 421 g/mol. The zero-order valence-electron chi connectivity index (χ0n) is 18.2. The number of nitrogens with one attached hydrogen (secondary N) is 2. The van der Waals surface area contributed by atoms with Crippen LogP contribution >= 0.6 is 0 Å². The quantitative estimate of drug-likeness (QED) is 0.527. The highest BCUT2D eigenvalue weighted by molar-refractivity contribution is 6.11. The van der Waals surface area contributed by atoms with Crippen molar-refractivity contribution in [2.75, 3.05) is 11.9 Å². The van der Waals surface area contributed by atoms with Crippen LogP contribution in [-0.2, 0) is 15.1 Å². The van der Waals surface area contributed by atoms with Gasteiger partial charge in [0.25, 0.3) is 5.91 Å². The second-order valence-corrected chi connectivity index (χ2v) is 8.46. The fraction of sp³-hybridized carbons (Fsp3) is 0.333. The van der Waals surface area contributed by atoms with Gasteiger partial charge in [0.05, 0.1) is 6.54 Å². The summed E-state index contributed by atoms with van der Waals surface area (Å²) in [4.78, 5) is 51.0. The summed E-state index contributed by atoms with van der Waals surface area (Å²) in [5.74, 6) is -0.677. The van der Waals surface area contributed by atoms with Crippen LogP contribution in [0.25, 0.3) is 0 Å². The van der Waals surface area contributed by atoms with Crippen molar-refractivity contribution in [3.05, 3.63) is 65.2 Å².